The molecule has 2 aromatic carbocycles. The first kappa shape index (κ1) is 19.7. The zero-order chi connectivity index (χ0) is 20.3. The molecule has 0 amide bonds. The van der Waals surface area contributed by atoms with E-state index in [0.29, 0.717) is 12.7 Å². The molecule has 1 aliphatic carbocycles. The van der Waals surface area contributed by atoms with Gasteiger partial charge in [-0.15, -0.1) is 0 Å². The van der Waals surface area contributed by atoms with Gasteiger partial charge in [0.25, 0.3) is 0 Å². The van der Waals surface area contributed by atoms with Gasteiger partial charge in [0.15, 0.2) is 11.5 Å². The molecule has 0 unspecified atom stereocenters. The van der Waals surface area contributed by atoms with Crippen molar-refractivity contribution in [3.63, 3.8) is 0 Å². The Bertz CT molecular complexity index is 855. The molecule has 2 aliphatic heterocycles. The molecule has 0 spiro atoms. The van der Waals surface area contributed by atoms with Crippen molar-refractivity contribution in [3.8, 4) is 17.2 Å². The van der Waals surface area contributed by atoms with E-state index >= 15 is 0 Å². The summed E-state index contributed by atoms with van der Waals surface area (Å²) in [7, 11) is 1.74. The lowest BCUT2D eigenvalue weighted by molar-refractivity contribution is 0.0726. The summed E-state index contributed by atoms with van der Waals surface area (Å²) in [6.45, 7) is 6.04. The molecule has 5 rings (SSSR count). The van der Waals surface area contributed by atoms with Crippen LogP contribution < -0.4 is 14.2 Å². The van der Waals surface area contributed by atoms with Gasteiger partial charge in [0.1, 0.15) is 5.75 Å². The lowest BCUT2D eigenvalue weighted by Gasteiger charge is -2.42. The van der Waals surface area contributed by atoms with Crippen LogP contribution in [0.4, 0.5) is 0 Å². The number of benzene rings is 2. The monoisotopic (exact) mass is 408 g/mol. The van der Waals surface area contributed by atoms with Gasteiger partial charge < -0.3 is 14.2 Å². The van der Waals surface area contributed by atoms with Crippen molar-refractivity contribution in [1.29, 1.82) is 0 Å². The summed E-state index contributed by atoms with van der Waals surface area (Å²) in [5, 5.41) is 0. The fourth-order valence-corrected chi connectivity index (χ4v) is 5.26. The summed E-state index contributed by atoms with van der Waals surface area (Å²) in [4.78, 5) is 5.31. The molecule has 30 heavy (non-hydrogen) atoms. The molecule has 2 fully saturated rings. The molecule has 1 saturated carbocycles. The van der Waals surface area contributed by atoms with E-state index in [0.717, 1.165) is 42.9 Å². The van der Waals surface area contributed by atoms with Gasteiger partial charge in [0, 0.05) is 38.8 Å². The predicted octanol–water partition coefficient (Wildman–Crippen LogP) is 4.27. The first-order chi connectivity index (χ1) is 14.8. The van der Waals surface area contributed by atoms with Gasteiger partial charge in [-0.3, -0.25) is 9.80 Å². The third-order valence-electron chi connectivity index (χ3n) is 7.03. The number of piperazine rings is 1. The molecule has 2 heterocycles. The number of hydrogen-bond acceptors (Lipinski definition) is 5. The van der Waals surface area contributed by atoms with Gasteiger partial charge in [-0.05, 0) is 67.0 Å². The van der Waals surface area contributed by atoms with Crippen LogP contribution >= 0.6 is 0 Å². The van der Waals surface area contributed by atoms with E-state index in [1.807, 2.05) is 6.07 Å². The Balaban J connectivity index is 1.10. The zero-order valence-corrected chi connectivity index (χ0v) is 17.9. The Morgan fingerprint density at radius 3 is 2.50 bits per heavy atom. The number of nitrogens with zero attached hydrogens (tertiary/aromatic N) is 2. The Hall–Kier alpha value is -2.24. The van der Waals surface area contributed by atoms with E-state index in [1.165, 1.54) is 49.9 Å². The van der Waals surface area contributed by atoms with Crippen LogP contribution in [0.25, 0.3) is 0 Å². The van der Waals surface area contributed by atoms with Crippen LogP contribution in [0.5, 0.6) is 17.2 Å². The standard InChI is InChI=1S/C25H32N2O3/c1-28-23-4-2-3-19(15-23)17-26-11-13-27(14-12-26)22-8-5-20(6-9-22)21-7-10-24-25(16-21)30-18-29-24/h2-4,7,10,15-16,20,22H,5-6,8-9,11-14,17-18H2,1H3. The van der Waals surface area contributed by atoms with Crippen molar-refractivity contribution in [1.82, 2.24) is 9.80 Å². The fourth-order valence-electron chi connectivity index (χ4n) is 5.26. The molecule has 0 aromatic heterocycles. The fraction of sp³-hybridized carbons (Fsp3) is 0.520. The van der Waals surface area contributed by atoms with Crippen molar-refractivity contribution in [2.24, 2.45) is 0 Å². The third-order valence-corrected chi connectivity index (χ3v) is 7.03. The highest BCUT2D eigenvalue weighted by atomic mass is 16.7. The number of methoxy groups -OCH3 is 1. The molecule has 0 atom stereocenters. The summed E-state index contributed by atoms with van der Waals surface area (Å²) in [6, 6.07) is 15.7. The Morgan fingerprint density at radius 1 is 0.900 bits per heavy atom. The Labute approximate surface area is 179 Å². The van der Waals surface area contributed by atoms with Crippen LogP contribution in [-0.4, -0.2) is 55.9 Å². The Morgan fingerprint density at radius 2 is 1.70 bits per heavy atom. The number of hydrogen-bond donors (Lipinski definition) is 0. The Kier molecular flexibility index (Phi) is 5.82. The first-order valence-corrected chi connectivity index (χ1v) is 11.3. The van der Waals surface area contributed by atoms with E-state index in [2.05, 4.69) is 46.2 Å². The van der Waals surface area contributed by atoms with E-state index in [-0.39, 0.29) is 0 Å². The maximum atomic E-state index is 5.57. The van der Waals surface area contributed by atoms with E-state index in [4.69, 9.17) is 14.2 Å². The maximum absolute atomic E-state index is 5.57. The van der Waals surface area contributed by atoms with Crippen LogP contribution in [0.3, 0.4) is 0 Å². The topological polar surface area (TPSA) is 34.2 Å². The number of rotatable bonds is 5. The van der Waals surface area contributed by atoms with E-state index < -0.39 is 0 Å². The van der Waals surface area contributed by atoms with Crippen LogP contribution in [0.2, 0.25) is 0 Å². The van der Waals surface area contributed by atoms with Gasteiger partial charge in [0.2, 0.25) is 6.79 Å². The zero-order valence-electron chi connectivity index (χ0n) is 17.9. The normalized spacial score (nSPS) is 24.7. The van der Waals surface area contributed by atoms with Crippen LogP contribution in [-0.2, 0) is 6.54 Å². The van der Waals surface area contributed by atoms with Crippen LogP contribution in [0.1, 0.15) is 42.7 Å². The molecule has 5 nitrogen and oxygen atoms in total. The molecular formula is C25H32N2O3. The van der Waals surface area contributed by atoms with Crippen molar-refractivity contribution in [2.45, 2.75) is 44.2 Å². The van der Waals surface area contributed by atoms with Crippen molar-refractivity contribution >= 4 is 0 Å². The van der Waals surface area contributed by atoms with Gasteiger partial charge in [0.05, 0.1) is 7.11 Å². The maximum Gasteiger partial charge on any atom is 0.231 e. The highest BCUT2D eigenvalue weighted by Crippen LogP contribution is 2.40. The minimum absolute atomic E-state index is 0.356. The van der Waals surface area contributed by atoms with Gasteiger partial charge in [-0.1, -0.05) is 18.2 Å². The minimum Gasteiger partial charge on any atom is -0.497 e. The average Bonchev–Trinajstić information content (AvgIpc) is 3.28. The number of ether oxygens (including phenoxy) is 3. The molecule has 160 valence electrons. The lowest BCUT2D eigenvalue weighted by Crippen LogP contribution is -2.50. The number of fused-ring (bicyclic) bond motifs is 1. The SMILES string of the molecule is COc1cccc(CN2CCN(C3CCC(c4ccc5c(c4)OCO5)CC3)CC2)c1. The molecule has 5 heteroatoms. The molecule has 3 aliphatic rings. The van der Waals surface area contributed by atoms with Crippen molar-refractivity contribution < 1.29 is 14.2 Å². The molecule has 2 aromatic rings. The summed E-state index contributed by atoms with van der Waals surface area (Å²) in [6.07, 6.45) is 5.15. The molecular weight excluding hydrogens is 376 g/mol. The minimum atomic E-state index is 0.356. The molecule has 0 radical (unpaired) electrons. The van der Waals surface area contributed by atoms with E-state index in [9.17, 15) is 0 Å². The molecule has 0 bridgehead atoms. The summed E-state index contributed by atoms with van der Waals surface area (Å²) < 4.78 is 16.4. The first-order valence-electron chi connectivity index (χ1n) is 11.3. The quantitative estimate of drug-likeness (QED) is 0.738. The van der Waals surface area contributed by atoms with Gasteiger partial charge in [-0.25, -0.2) is 0 Å². The third kappa shape index (κ3) is 4.28. The van der Waals surface area contributed by atoms with Crippen LogP contribution in [0.15, 0.2) is 42.5 Å². The largest absolute Gasteiger partial charge is 0.497 e. The van der Waals surface area contributed by atoms with E-state index in [1.54, 1.807) is 7.11 Å². The summed E-state index contributed by atoms with van der Waals surface area (Å²) >= 11 is 0. The van der Waals surface area contributed by atoms with Gasteiger partial charge in [-0.2, -0.15) is 0 Å². The predicted molar refractivity (Wildman–Crippen MR) is 117 cm³/mol. The lowest BCUT2D eigenvalue weighted by atomic mass is 9.81. The van der Waals surface area contributed by atoms with Crippen molar-refractivity contribution in [2.75, 3.05) is 40.1 Å². The highest BCUT2D eigenvalue weighted by molar-refractivity contribution is 5.45. The summed E-state index contributed by atoms with van der Waals surface area (Å²) in [5.41, 5.74) is 2.76. The second kappa shape index (κ2) is 8.86. The van der Waals surface area contributed by atoms with Crippen molar-refractivity contribution in [3.05, 3.63) is 53.6 Å². The molecule has 1 saturated heterocycles. The van der Waals surface area contributed by atoms with Crippen LogP contribution in [0, 0.1) is 0 Å². The van der Waals surface area contributed by atoms with Gasteiger partial charge >= 0.3 is 0 Å². The average molecular weight is 409 g/mol. The second-order valence-electron chi connectivity index (χ2n) is 8.78. The molecule has 0 N–H and O–H groups in total. The second-order valence-corrected chi connectivity index (χ2v) is 8.78. The highest BCUT2D eigenvalue weighted by Gasteiger charge is 2.29. The summed E-state index contributed by atoms with van der Waals surface area (Å²) in [5.74, 6) is 3.41. The smallest absolute Gasteiger partial charge is 0.231 e.